The monoisotopic (exact) mass is 333 g/mol. The minimum atomic E-state index is -0.0858. The van der Waals surface area contributed by atoms with Gasteiger partial charge >= 0.3 is 0 Å². The van der Waals surface area contributed by atoms with Crippen molar-refractivity contribution in [2.24, 2.45) is 0 Å². The van der Waals surface area contributed by atoms with Gasteiger partial charge in [-0.3, -0.25) is 4.79 Å². The summed E-state index contributed by atoms with van der Waals surface area (Å²) in [4.78, 5) is 12.0. The Balaban J connectivity index is 1.93. The lowest BCUT2D eigenvalue weighted by Gasteiger charge is -2.06. The summed E-state index contributed by atoms with van der Waals surface area (Å²) >= 11 is 3.37. The van der Waals surface area contributed by atoms with Crippen molar-refractivity contribution >= 4 is 21.8 Å². The smallest absolute Gasteiger partial charge is 0.251 e. The molecule has 1 amide bonds. The highest BCUT2D eigenvalue weighted by molar-refractivity contribution is 9.08. The van der Waals surface area contributed by atoms with Crippen molar-refractivity contribution in [2.45, 2.75) is 18.5 Å². The predicted molar refractivity (Wildman–Crippen MR) is 82.6 cm³/mol. The number of benzene rings is 2. The molecular weight excluding hydrogens is 318 g/mol. The molecule has 0 heterocycles. The van der Waals surface area contributed by atoms with E-state index in [1.54, 1.807) is 0 Å². The molecule has 0 radical (unpaired) electrons. The Morgan fingerprint density at radius 3 is 2.05 bits per heavy atom. The Morgan fingerprint density at radius 1 is 0.950 bits per heavy atom. The van der Waals surface area contributed by atoms with Crippen LogP contribution in [0, 0.1) is 0 Å². The van der Waals surface area contributed by atoms with E-state index in [1.165, 1.54) is 0 Å². The molecule has 0 spiro atoms. The van der Waals surface area contributed by atoms with Crippen LogP contribution in [-0.2, 0) is 18.5 Å². The largest absolute Gasteiger partial charge is 0.392 e. The molecule has 0 saturated heterocycles. The summed E-state index contributed by atoms with van der Waals surface area (Å²) in [5.41, 5.74) is 3.67. The van der Waals surface area contributed by atoms with Crippen molar-refractivity contribution in [3.05, 3.63) is 70.8 Å². The van der Waals surface area contributed by atoms with Crippen LogP contribution in [0.4, 0.5) is 0 Å². The van der Waals surface area contributed by atoms with E-state index >= 15 is 0 Å². The molecule has 0 saturated carbocycles. The van der Waals surface area contributed by atoms with Crippen LogP contribution in [0.2, 0.25) is 0 Å². The highest BCUT2D eigenvalue weighted by atomic mass is 79.9. The molecule has 0 aromatic heterocycles. The van der Waals surface area contributed by atoms with E-state index in [1.807, 2.05) is 48.5 Å². The summed E-state index contributed by atoms with van der Waals surface area (Å²) in [7, 11) is 0. The topological polar surface area (TPSA) is 49.3 Å². The van der Waals surface area contributed by atoms with E-state index in [0.29, 0.717) is 12.1 Å². The number of nitrogens with one attached hydrogen (secondary N) is 1. The van der Waals surface area contributed by atoms with Gasteiger partial charge in [0.1, 0.15) is 0 Å². The maximum atomic E-state index is 12.0. The fourth-order valence-corrected chi connectivity index (χ4v) is 2.17. The third kappa shape index (κ3) is 3.92. The quantitative estimate of drug-likeness (QED) is 0.826. The molecule has 2 N–H and O–H groups in total. The van der Waals surface area contributed by atoms with Gasteiger partial charge in [0.05, 0.1) is 6.61 Å². The summed E-state index contributed by atoms with van der Waals surface area (Å²) < 4.78 is 0. The van der Waals surface area contributed by atoms with Crippen LogP contribution in [0.3, 0.4) is 0 Å². The minimum Gasteiger partial charge on any atom is -0.392 e. The molecule has 2 aromatic rings. The number of hydrogen-bond donors (Lipinski definition) is 2. The van der Waals surface area contributed by atoms with Gasteiger partial charge in [-0.05, 0) is 28.8 Å². The molecule has 20 heavy (non-hydrogen) atoms. The first-order chi connectivity index (χ1) is 9.72. The number of aliphatic hydroxyl groups is 1. The fraction of sp³-hybridized carbons (Fsp3) is 0.188. The van der Waals surface area contributed by atoms with Crippen LogP contribution in [0.15, 0.2) is 48.5 Å². The van der Waals surface area contributed by atoms with E-state index in [-0.39, 0.29) is 12.5 Å². The van der Waals surface area contributed by atoms with Crippen LogP contribution in [0.25, 0.3) is 0 Å². The number of amides is 1. The predicted octanol–water partition coefficient (Wildman–Crippen LogP) is 3.00. The maximum Gasteiger partial charge on any atom is 0.251 e. The van der Waals surface area contributed by atoms with E-state index < -0.39 is 0 Å². The van der Waals surface area contributed by atoms with Gasteiger partial charge in [0, 0.05) is 17.4 Å². The van der Waals surface area contributed by atoms with Gasteiger partial charge in [-0.2, -0.15) is 0 Å². The molecule has 0 fully saturated rings. The van der Waals surface area contributed by atoms with Gasteiger partial charge in [-0.1, -0.05) is 52.3 Å². The van der Waals surface area contributed by atoms with Crippen molar-refractivity contribution in [3.8, 4) is 0 Å². The van der Waals surface area contributed by atoms with Crippen LogP contribution in [0.5, 0.6) is 0 Å². The van der Waals surface area contributed by atoms with Gasteiger partial charge in [0.25, 0.3) is 5.91 Å². The third-order valence-electron chi connectivity index (χ3n) is 3.03. The summed E-state index contributed by atoms with van der Waals surface area (Å²) in [5, 5.41) is 12.6. The Kier molecular flexibility index (Phi) is 5.32. The van der Waals surface area contributed by atoms with E-state index in [2.05, 4.69) is 21.2 Å². The maximum absolute atomic E-state index is 12.0. The number of halogens is 1. The molecule has 0 aliphatic carbocycles. The van der Waals surface area contributed by atoms with Crippen LogP contribution in [0.1, 0.15) is 27.0 Å². The summed E-state index contributed by atoms with van der Waals surface area (Å²) in [6.07, 6.45) is 0. The second-order valence-corrected chi connectivity index (χ2v) is 5.05. The van der Waals surface area contributed by atoms with Gasteiger partial charge in [-0.15, -0.1) is 0 Å². The highest BCUT2D eigenvalue weighted by Crippen LogP contribution is 2.09. The van der Waals surface area contributed by atoms with E-state index in [0.717, 1.165) is 22.0 Å². The standard InChI is InChI=1S/C16H16BrNO2/c17-9-12-5-7-15(8-6-12)16(20)18-10-13-1-3-14(11-19)4-2-13/h1-8,19H,9-11H2,(H,18,20). The minimum absolute atomic E-state index is 0.0343. The van der Waals surface area contributed by atoms with E-state index in [9.17, 15) is 4.79 Å². The van der Waals surface area contributed by atoms with Gasteiger partial charge in [0.15, 0.2) is 0 Å². The molecule has 0 aliphatic rings. The Hall–Kier alpha value is -1.65. The first kappa shape index (κ1) is 14.8. The molecule has 0 unspecified atom stereocenters. The molecule has 0 atom stereocenters. The van der Waals surface area contributed by atoms with E-state index in [4.69, 9.17) is 5.11 Å². The SMILES string of the molecule is O=C(NCc1ccc(CO)cc1)c1ccc(CBr)cc1. The molecule has 0 aliphatic heterocycles. The second-order valence-electron chi connectivity index (χ2n) is 4.49. The number of hydrogen-bond acceptors (Lipinski definition) is 2. The van der Waals surface area contributed by atoms with Crippen LogP contribution >= 0.6 is 15.9 Å². The zero-order valence-corrected chi connectivity index (χ0v) is 12.6. The molecule has 0 bridgehead atoms. The van der Waals surface area contributed by atoms with Crippen LogP contribution in [-0.4, -0.2) is 11.0 Å². The lowest BCUT2D eigenvalue weighted by molar-refractivity contribution is 0.0951. The Bertz CT molecular complexity index is 564. The second kappa shape index (κ2) is 7.22. The number of aliphatic hydroxyl groups excluding tert-OH is 1. The zero-order chi connectivity index (χ0) is 14.4. The van der Waals surface area contributed by atoms with Crippen molar-refractivity contribution < 1.29 is 9.90 Å². The first-order valence-corrected chi connectivity index (χ1v) is 7.47. The van der Waals surface area contributed by atoms with Crippen molar-refractivity contribution in [3.63, 3.8) is 0 Å². The fourth-order valence-electron chi connectivity index (χ4n) is 1.79. The molecule has 2 rings (SSSR count). The molecule has 104 valence electrons. The number of alkyl halides is 1. The lowest BCUT2D eigenvalue weighted by atomic mass is 10.1. The Labute approximate surface area is 126 Å². The van der Waals surface area contributed by atoms with Crippen molar-refractivity contribution in [1.29, 1.82) is 0 Å². The average Bonchev–Trinajstić information content (AvgIpc) is 2.53. The van der Waals surface area contributed by atoms with Crippen molar-refractivity contribution in [1.82, 2.24) is 5.32 Å². The molecule has 4 heteroatoms. The average molecular weight is 334 g/mol. The van der Waals surface area contributed by atoms with Gasteiger partial charge < -0.3 is 10.4 Å². The molecule has 3 nitrogen and oxygen atoms in total. The van der Waals surface area contributed by atoms with Gasteiger partial charge in [-0.25, -0.2) is 0 Å². The summed E-state index contributed by atoms with van der Waals surface area (Å²) in [5.74, 6) is -0.0858. The van der Waals surface area contributed by atoms with Gasteiger partial charge in [0.2, 0.25) is 0 Å². The third-order valence-corrected chi connectivity index (χ3v) is 3.68. The number of rotatable bonds is 5. The summed E-state index contributed by atoms with van der Waals surface area (Å²) in [6.45, 7) is 0.511. The molecular formula is C16H16BrNO2. The normalized spacial score (nSPS) is 10.3. The Morgan fingerprint density at radius 2 is 1.50 bits per heavy atom. The lowest BCUT2D eigenvalue weighted by Crippen LogP contribution is -2.22. The number of carbonyl (C=O) groups excluding carboxylic acids is 1. The first-order valence-electron chi connectivity index (χ1n) is 6.34. The summed E-state index contributed by atoms with van der Waals surface area (Å²) in [6, 6.07) is 15.0. The highest BCUT2D eigenvalue weighted by Gasteiger charge is 2.05. The zero-order valence-electron chi connectivity index (χ0n) is 11.0. The number of carbonyl (C=O) groups is 1. The van der Waals surface area contributed by atoms with Crippen LogP contribution < -0.4 is 5.32 Å². The molecule has 2 aromatic carbocycles. The van der Waals surface area contributed by atoms with Crippen molar-refractivity contribution in [2.75, 3.05) is 0 Å².